The number of aromatic nitrogens is 2. The second kappa shape index (κ2) is 22.0. The van der Waals surface area contributed by atoms with Gasteiger partial charge in [0.2, 0.25) is 0 Å². The van der Waals surface area contributed by atoms with Crippen molar-refractivity contribution in [2.45, 2.75) is 0 Å². The van der Waals surface area contributed by atoms with Gasteiger partial charge in [-0.3, -0.25) is 0 Å². The molecule has 14 aromatic rings. The lowest BCUT2D eigenvalue weighted by molar-refractivity contribution is 1.25. The lowest BCUT2D eigenvalue weighted by Crippen LogP contribution is -2.12. The Hall–Kier alpha value is -11.1. The quantitative estimate of drug-likeness (QED) is 0.108. The van der Waals surface area contributed by atoms with Gasteiger partial charge in [0.05, 0.1) is 33.8 Å². The fraction of sp³-hybridized carbons (Fsp3) is 0. The largest absolute Gasteiger partial charge is 0.311 e. The average molecular weight is 1050 g/mol. The van der Waals surface area contributed by atoms with Crippen LogP contribution in [-0.4, -0.2) is 9.97 Å². The first kappa shape index (κ1) is 49.2. The Morgan fingerprint density at radius 2 is 0.427 bits per heavy atom. The summed E-state index contributed by atoms with van der Waals surface area (Å²) in [5.41, 5.74) is 18.0. The summed E-state index contributed by atoms with van der Waals surface area (Å²) < 4.78 is 0. The fourth-order valence-electron chi connectivity index (χ4n) is 11.3. The molecule has 14 rings (SSSR count). The molecule has 0 N–H and O–H groups in total. The number of hydrogen-bond acceptors (Lipinski definition) is 6. The predicted molar refractivity (Wildman–Crippen MR) is 344 cm³/mol. The molecule has 1 aromatic heterocycles. The van der Waals surface area contributed by atoms with Crippen LogP contribution in [0.3, 0.4) is 0 Å². The standard InChI is InChI=1S/C76H54N6/c1-5-25-59(26-6-1)79(65-47-51-67(52-48-65)81(61-29-9-3-10-30-61)73-37-19-23-55-21-13-15-33-69(55)73)63-43-39-57(40-44-63)75-76(78-72-36-18-17-35-71(72)77-75)58-41-45-64(46-42-58)80(60-27-7-2-8-28-60)66-49-53-68(54-50-66)82(62-31-11-4-12-32-62)74-38-20-24-56-22-14-16-34-70(56)74/h1-54H. The maximum absolute atomic E-state index is 5.35. The van der Waals surface area contributed by atoms with Crippen LogP contribution in [0.5, 0.6) is 0 Å². The highest BCUT2D eigenvalue weighted by Gasteiger charge is 2.22. The minimum atomic E-state index is 0.813. The van der Waals surface area contributed by atoms with Crippen LogP contribution >= 0.6 is 0 Å². The first-order valence-electron chi connectivity index (χ1n) is 27.7. The molecule has 0 saturated carbocycles. The zero-order valence-corrected chi connectivity index (χ0v) is 44.9. The number of nitrogens with zero attached hydrogens (tertiary/aromatic N) is 6. The van der Waals surface area contributed by atoms with E-state index < -0.39 is 0 Å². The molecule has 13 aromatic carbocycles. The monoisotopic (exact) mass is 1050 g/mol. The van der Waals surface area contributed by atoms with E-state index in [9.17, 15) is 0 Å². The number of anilines is 12. The summed E-state index contributed by atoms with van der Waals surface area (Å²) in [6.07, 6.45) is 0. The van der Waals surface area contributed by atoms with E-state index in [0.717, 1.165) is 102 Å². The Morgan fingerprint density at radius 3 is 0.768 bits per heavy atom. The molecule has 1 heterocycles. The van der Waals surface area contributed by atoms with Gasteiger partial charge < -0.3 is 19.6 Å². The van der Waals surface area contributed by atoms with Gasteiger partial charge in [0.15, 0.2) is 0 Å². The minimum absolute atomic E-state index is 0.813. The third kappa shape index (κ3) is 9.61. The molecule has 0 atom stereocenters. The number of para-hydroxylation sites is 6. The minimum Gasteiger partial charge on any atom is -0.311 e. The van der Waals surface area contributed by atoms with E-state index in [2.05, 4.69) is 323 Å². The van der Waals surface area contributed by atoms with Crippen LogP contribution in [0.25, 0.3) is 55.1 Å². The Balaban J connectivity index is 0.801. The Bertz CT molecular complexity index is 4180. The van der Waals surface area contributed by atoms with Crippen molar-refractivity contribution in [1.29, 1.82) is 0 Å². The molecule has 0 unspecified atom stereocenters. The van der Waals surface area contributed by atoms with E-state index in [1.165, 1.54) is 21.5 Å². The molecule has 0 spiro atoms. The third-order valence-electron chi connectivity index (χ3n) is 15.2. The van der Waals surface area contributed by atoms with Crippen LogP contribution in [-0.2, 0) is 0 Å². The van der Waals surface area contributed by atoms with Crippen molar-refractivity contribution in [2.24, 2.45) is 0 Å². The van der Waals surface area contributed by atoms with Gasteiger partial charge in [-0.05, 0) is 156 Å². The predicted octanol–water partition coefficient (Wildman–Crippen LogP) is 21.1. The van der Waals surface area contributed by atoms with Gasteiger partial charge in [-0.1, -0.05) is 182 Å². The number of hydrogen-bond donors (Lipinski definition) is 0. The highest BCUT2D eigenvalue weighted by atomic mass is 15.2. The zero-order valence-electron chi connectivity index (χ0n) is 44.9. The molecular weight excluding hydrogens is 997 g/mol. The molecule has 6 nitrogen and oxygen atoms in total. The van der Waals surface area contributed by atoms with Gasteiger partial charge in [-0.2, -0.15) is 0 Å². The summed E-state index contributed by atoms with van der Waals surface area (Å²) in [7, 11) is 0. The molecule has 6 heteroatoms. The second-order valence-electron chi connectivity index (χ2n) is 20.2. The summed E-state index contributed by atoms with van der Waals surface area (Å²) in [5.74, 6) is 0. The molecular formula is C76H54N6. The van der Waals surface area contributed by atoms with Crippen molar-refractivity contribution in [2.75, 3.05) is 19.6 Å². The highest BCUT2D eigenvalue weighted by Crippen LogP contribution is 2.45. The summed E-state index contributed by atoms with van der Waals surface area (Å²) in [6.45, 7) is 0. The van der Waals surface area contributed by atoms with Gasteiger partial charge >= 0.3 is 0 Å². The lowest BCUT2D eigenvalue weighted by atomic mass is 10.0. The molecule has 0 aliphatic heterocycles. The molecule has 0 aliphatic carbocycles. The van der Waals surface area contributed by atoms with Crippen molar-refractivity contribution in [3.63, 3.8) is 0 Å². The summed E-state index contributed by atoms with van der Waals surface area (Å²) in [6, 6.07) is 116. The summed E-state index contributed by atoms with van der Waals surface area (Å²) in [5, 5.41) is 4.78. The summed E-state index contributed by atoms with van der Waals surface area (Å²) in [4.78, 5) is 20.0. The van der Waals surface area contributed by atoms with Crippen molar-refractivity contribution < 1.29 is 0 Å². The number of fused-ring (bicyclic) bond motifs is 3. The van der Waals surface area contributed by atoms with E-state index in [1.807, 2.05) is 24.3 Å². The van der Waals surface area contributed by atoms with Crippen LogP contribution in [0, 0.1) is 0 Å². The van der Waals surface area contributed by atoms with E-state index in [1.54, 1.807) is 0 Å². The van der Waals surface area contributed by atoms with Crippen LogP contribution in [0.15, 0.2) is 328 Å². The van der Waals surface area contributed by atoms with E-state index in [4.69, 9.17) is 9.97 Å². The van der Waals surface area contributed by atoms with Crippen molar-refractivity contribution in [1.82, 2.24) is 9.97 Å². The Kier molecular flexibility index (Phi) is 13.2. The van der Waals surface area contributed by atoms with Crippen LogP contribution in [0.2, 0.25) is 0 Å². The Morgan fingerprint density at radius 1 is 0.183 bits per heavy atom. The van der Waals surface area contributed by atoms with Gasteiger partial charge in [-0.15, -0.1) is 0 Å². The molecule has 82 heavy (non-hydrogen) atoms. The van der Waals surface area contributed by atoms with Crippen molar-refractivity contribution in [3.05, 3.63) is 328 Å². The molecule has 0 aliphatic rings. The van der Waals surface area contributed by atoms with Crippen LogP contribution in [0.4, 0.5) is 68.2 Å². The third-order valence-corrected chi connectivity index (χ3v) is 15.2. The van der Waals surface area contributed by atoms with Crippen LogP contribution in [0.1, 0.15) is 0 Å². The van der Waals surface area contributed by atoms with E-state index in [0.29, 0.717) is 0 Å². The van der Waals surface area contributed by atoms with E-state index in [-0.39, 0.29) is 0 Å². The lowest BCUT2D eigenvalue weighted by Gasteiger charge is -2.29. The number of rotatable bonds is 14. The SMILES string of the molecule is c1ccc(N(c2ccc(-c3nc4ccccc4nc3-c3ccc(N(c4ccccc4)c4ccc(N(c5ccccc5)c5cccc6ccccc56)cc4)cc3)cc2)c2ccc(N(c3ccccc3)c3cccc4ccccc34)cc2)cc1. The van der Waals surface area contributed by atoms with Crippen molar-refractivity contribution >= 4 is 101 Å². The second-order valence-corrected chi connectivity index (χ2v) is 20.2. The maximum atomic E-state index is 5.35. The van der Waals surface area contributed by atoms with Gasteiger partial charge in [-0.25, -0.2) is 9.97 Å². The van der Waals surface area contributed by atoms with E-state index >= 15 is 0 Å². The first-order valence-corrected chi connectivity index (χ1v) is 27.7. The number of benzene rings is 13. The molecule has 0 fully saturated rings. The van der Waals surface area contributed by atoms with Gasteiger partial charge in [0.1, 0.15) is 0 Å². The molecule has 0 radical (unpaired) electrons. The van der Waals surface area contributed by atoms with Crippen LogP contribution < -0.4 is 19.6 Å². The zero-order chi connectivity index (χ0) is 54.6. The molecule has 0 bridgehead atoms. The maximum Gasteiger partial charge on any atom is 0.0973 e. The van der Waals surface area contributed by atoms with Gasteiger partial charge in [0, 0.05) is 78.8 Å². The topological polar surface area (TPSA) is 38.7 Å². The molecule has 388 valence electrons. The molecule has 0 amide bonds. The summed E-state index contributed by atoms with van der Waals surface area (Å²) >= 11 is 0. The first-order chi connectivity index (χ1) is 40.7. The fourth-order valence-corrected chi connectivity index (χ4v) is 11.3. The highest BCUT2D eigenvalue weighted by molar-refractivity contribution is 6.01. The van der Waals surface area contributed by atoms with Gasteiger partial charge in [0.25, 0.3) is 0 Å². The normalized spacial score (nSPS) is 11.2. The van der Waals surface area contributed by atoms with Crippen molar-refractivity contribution in [3.8, 4) is 22.5 Å². The average Bonchev–Trinajstić information content (AvgIpc) is 3.74. The Labute approximate surface area is 478 Å². The smallest absolute Gasteiger partial charge is 0.0973 e. The molecule has 0 saturated heterocycles.